The quantitative estimate of drug-likeness (QED) is 0.637. The van der Waals surface area contributed by atoms with Crippen molar-refractivity contribution in [2.75, 3.05) is 24.5 Å². The van der Waals surface area contributed by atoms with Crippen molar-refractivity contribution >= 4 is 11.8 Å². The summed E-state index contributed by atoms with van der Waals surface area (Å²) in [5.41, 5.74) is 1.40. The summed E-state index contributed by atoms with van der Waals surface area (Å²) >= 11 is 0. The summed E-state index contributed by atoms with van der Waals surface area (Å²) in [5.74, 6) is 1.46. The molecule has 1 amide bonds. The molecule has 0 saturated carbocycles. The van der Waals surface area contributed by atoms with Crippen molar-refractivity contribution in [2.24, 2.45) is 5.92 Å². The lowest BCUT2D eigenvalue weighted by Crippen LogP contribution is -2.42. The molecule has 1 atom stereocenters. The van der Waals surface area contributed by atoms with Gasteiger partial charge in [0, 0.05) is 37.9 Å². The number of nitrogens with zero attached hydrogens (tertiary/aromatic N) is 5. The number of carbonyl (C=O) groups is 1. The monoisotopic (exact) mass is 417 g/mol. The van der Waals surface area contributed by atoms with Gasteiger partial charge in [0.05, 0.1) is 12.3 Å². The number of rotatable bonds is 4. The van der Waals surface area contributed by atoms with Crippen LogP contribution in [-0.2, 0) is 4.79 Å². The molecule has 0 radical (unpaired) electrons. The Kier molecular flexibility index (Phi) is 5.16. The van der Waals surface area contributed by atoms with E-state index >= 15 is 0 Å². The molecule has 3 aromatic rings. The van der Waals surface area contributed by atoms with E-state index < -0.39 is 0 Å². The lowest BCUT2D eigenvalue weighted by atomic mass is 9.94. The second kappa shape index (κ2) is 8.26. The van der Waals surface area contributed by atoms with E-state index in [-0.39, 0.29) is 23.6 Å². The summed E-state index contributed by atoms with van der Waals surface area (Å²) in [5, 5.41) is 9.49. The van der Waals surface area contributed by atoms with E-state index in [1.54, 1.807) is 30.8 Å². The molecule has 158 valence electrons. The highest BCUT2D eigenvalue weighted by Gasteiger charge is 2.36. The van der Waals surface area contributed by atoms with E-state index in [0.29, 0.717) is 30.6 Å². The Morgan fingerprint density at radius 2 is 1.94 bits per heavy atom. The van der Waals surface area contributed by atoms with Gasteiger partial charge in [0.1, 0.15) is 6.07 Å². The number of hydrogen-bond acceptors (Lipinski definition) is 7. The molecule has 8 nitrogen and oxygen atoms in total. The minimum Gasteiger partial charge on any atom is -0.459 e. The molecule has 8 heteroatoms. The van der Waals surface area contributed by atoms with Gasteiger partial charge in [-0.05, 0) is 55.5 Å². The Bertz CT molecular complexity index is 1080. The molecule has 0 aromatic carbocycles. The van der Waals surface area contributed by atoms with Gasteiger partial charge in [-0.15, -0.1) is 0 Å². The fraction of sp³-hybridized carbons (Fsp3) is 0.391. The first-order valence-electron chi connectivity index (χ1n) is 10.6. The summed E-state index contributed by atoms with van der Waals surface area (Å²) in [6.45, 7) is 2.09. The molecule has 0 unspecified atom stereocenters. The van der Waals surface area contributed by atoms with Crippen LogP contribution < -0.4 is 4.90 Å². The maximum absolute atomic E-state index is 13.3. The summed E-state index contributed by atoms with van der Waals surface area (Å²) in [7, 11) is 0. The van der Waals surface area contributed by atoms with E-state index in [4.69, 9.17) is 8.83 Å². The van der Waals surface area contributed by atoms with Gasteiger partial charge in [-0.25, -0.2) is 0 Å². The summed E-state index contributed by atoms with van der Waals surface area (Å²) in [6, 6.07) is 9.75. The number of aromatic nitrogens is 2. The zero-order valence-corrected chi connectivity index (χ0v) is 17.1. The van der Waals surface area contributed by atoms with Gasteiger partial charge in [-0.2, -0.15) is 10.2 Å². The van der Waals surface area contributed by atoms with Crippen molar-refractivity contribution in [3.8, 4) is 17.7 Å². The van der Waals surface area contributed by atoms with Crippen LogP contribution in [0.3, 0.4) is 0 Å². The third kappa shape index (κ3) is 3.67. The Labute approximate surface area is 180 Å². The van der Waals surface area contributed by atoms with Crippen LogP contribution in [0.4, 0.5) is 5.88 Å². The first kappa shape index (κ1) is 19.4. The lowest BCUT2D eigenvalue weighted by molar-refractivity contribution is -0.137. The molecule has 5 rings (SSSR count). The normalized spacial score (nSPS) is 19.5. The molecule has 3 aromatic heterocycles. The fourth-order valence-corrected chi connectivity index (χ4v) is 4.63. The fourth-order valence-electron chi connectivity index (χ4n) is 4.63. The Morgan fingerprint density at radius 1 is 1.13 bits per heavy atom. The zero-order valence-electron chi connectivity index (χ0n) is 17.1. The number of nitriles is 1. The minimum atomic E-state index is -0.0170. The predicted molar refractivity (Wildman–Crippen MR) is 112 cm³/mol. The van der Waals surface area contributed by atoms with Crippen molar-refractivity contribution in [1.29, 1.82) is 5.26 Å². The standard InChI is InChI=1S/C23H23N5O3/c24-15-18-23(31-21(26-18)20-4-2-14-30-20)27-12-7-17(8-13-27)22(29)28-11-1-3-19(28)16-5-9-25-10-6-16/h2,4-6,9-10,14,17,19H,1,3,7-8,11-13H2/t19-/m0/s1. The highest BCUT2D eigenvalue weighted by Crippen LogP contribution is 2.36. The van der Waals surface area contributed by atoms with Gasteiger partial charge in [-0.1, -0.05) is 0 Å². The number of hydrogen-bond donors (Lipinski definition) is 0. The van der Waals surface area contributed by atoms with Crippen molar-refractivity contribution in [3.05, 3.63) is 54.2 Å². The molecule has 2 saturated heterocycles. The number of carbonyl (C=O) groups excluding carboxylic acids is 1. The maximum Gasteiger partial charge on any atom is 0.266 e. The minimum absolute atomic E-state index is 0.0170. The van der Waals surface area contributed by atoms with Gasteiger partial charge >= 0.3 is 0 Å². The number of amides is 1. The molecule has 0 bridgehead atoms. The van der Waals surface area contributed by atoms with Crippen molar-refractivity contribution in [2.45, 2.75) is 31.7 Å². The Morgan fingerprint density at radius 3 is 2.65 bits per heavy atom. The van der Waals surface area contributed by atoms with Crippen molar-refractivity contribution in [3.63, 3.8) is 0 Å². The summed E-state index contributed by atoms with van der Waals surface area (Å²) in [6.07, 6.45) is 8.58. The van der Waals surface area contributed by atoms with Crippen LogP contribution in [0.2, 0.25) is 0 Å². The summed E-state index contributed by atoms with van der Waals surface area (Å²) < 4.78 is 11.2. The number of anilines is 1. The van der Waals surface area contributed by atoms with Crippen LogP contribution in [0.5, 0.6) is 0 Å². The summed E-state index contributed by atoms with van der Waals surface area (Å²) in [4.78, 5) is 25.7. The van der Waals surface area contributed by atoms with Crippen LogP contribution >= 0.6 is 0 Å². The van der Waals surface area contributed by atoms with E-state index in [1.165, 1.54) is 0 Å². The highest BCUT2D eigenvalue weighted by atomic mass is 16.4. The van der Waals surface area contributed by atoms with Gasteiger partial charge in [0.15, 0.2) is 5.76 Å². The number of likely N-dealkylation sites (tertiary alicyclic amines) is 1. The molecule has 0 aliphatic carbocycles. The third-order valence-electron chi connectivity index (χ3n) is 6.21. The smallest absolute Gasteiger partial charge is 0.266 e. The van der Waals surface area contributed by atoms with Crippen LogP contribution in [0, 0.1) is 17.2 Å². The topological polar surface area (TPSA) is 99.4 Å². The number of furan rings is 1. The van der Waals surface area contributed by atoms with Gasteiger partial charge in [0.2, 0.25) is 17.5 Å². The van der Waals surface area contributed by atoms with Crippen LogP contribution in [0.25, 0.3) is 11.7 Å². The van der Waals surface area contributed by atoms with Crippen LogP contribution in [-0.4, -0.2) is 40.4 Å². The van der Waals surface area contributed by atoms with E-state index in [0.717, 1.165) is 37.8 Å². The third-order valence-corrected chi connectivity index (χ3v) is 6.21. The Balaban J connectivity index is 1.27. The van der Waals surface area contributed by atoms with Crippen molar-refractivity contribution < 1.29 is 13.6 Å². The molecule has 0 N–H and O–H groups in total. The SMILES string of the molecule is N#Cc1nc(-c2ccco2)oc1N1CCC(C(=O)N2CCC[C@H]2c2ccncc2)CC1. The molecule has 5 heterocycles. The average molecular weight is 417 g/mol. The number of pyridine rings is 1. The van der Waals surface area contributed by atoms with E-state index in [1.807, 2.05) is 21.9 Å². The zero-order chi connectivity index (χ0) is 21.2. The number of oxazole rings is 1. The average Bonchev–Trinajstić information content (AvgIpc) is 3.59. The maximum atomic E-state index is 13.3. The predicted octanol–water partition coefficient (Wildman–Crippen LogP) is 3.78. The molecular formula is C23H23N5O3. The lowest BCUT2D eigenvalue weighted by Gasteiger charge is -2.34. The Hall–Kier alpha value is -3.60. The van der Waals surface area contributed by atoms with E-state index in [2.05, 4.69) is 16.0 Å². The van der Waals surface area contributed by atoms with E-state index in [9.17, 15) is 10.1 Å². The highest BCUT2D eigenvalue weighted by molar-refractivity contribution is 5.80. The first-order chi connectivity index (χ1) is 15.2. The second-order valence-electron chi connectivity index (χ2n) is 7.99. The number of piperidine rings is 1. The molecule has 2 aliphatic heterocycles. The molecule has 31 heavy (non-hydrogen) atoms. The van der Waals surface area contributed by atoms with Crippen LogP contribution in [0.1, 0.15) is 43.0 Å². The largest absolute Gasteiger partial charge is 0.459 e. The van der Waals surface area contributed by atoms with Gasteiger partial charge in [0.25, 0.3) is 5.89 Å². The molecule has 2 fully saturated rings. The molecule has 2 aliphatic rings. The van der Waals surface area contributed by atoms with Gasteiger partial charge < -0.3 is 18.6 Å². The molecular weight excluding hydrogens is 394 g/mol. The van der Waals surface area contributed by atoms with Crippen molar-refractivity contribution in [1.82, 2.24) is 14.9 Å². The molecule has 0 spiro atoms. The van der Waals surface area contributed by atoms with Gasteiger partial charge in [-0.3, -0.25) is 9.78 Å². The van der Waals surface area contributed by atoms with Crippen LogP contribution in [0.15, 0.2) is 51.8 Å². The second-order valence-corrected chi connectivity index (χ2v) is 7.99. The first-order valence-corrected chi connectivity index (χ1v) is 10.6.